The highest BCUT2D eigenvalue weighted by molar-refractivity contribution is 5.79. The zero-order valence-electron chi connectivity index (χ0n) is 15.4. The van der Waals surface area contributed by atoms with Gasteiger partial charge in [0.2, 0.25) is 5.91 Å². The number of amides is 2. The normalized spacial score (nSPS) is 29.2. The molecule has 0 bridgehead atoms. The van der Waals surface area contributed by atoms with Gasteiger partial charge in [-0.3, -0.25) is 4.79 Å². The first-order valence-corrected chi connectivity index (χ1v) is 9.55. The molecule has 0 aromatic rings. The van der Waals surface area contributed by atoms with E-state index >= 15 is 0 Å². The fourth-order valence-electron chi connectivity index (χ4n) is 4.49. The molecule has 2 amide bonds. The number of hydrogen-bond donors (Lipinski definition) is 1. The van der Waals surface area contributed by atoms with E-state index in [0.717, 1.165) is 38.8 Å². The molecular formula is C19H32N2O3. The van der Waals surface area contributed by atoms with Crippen LogP contribution in [0.5, 0.6) is 0 Å². The molecule has 24 heavy (non-hydrogen) atoms. The largest absolute Gasteiger partial charge is 0.444 e. The summed E-state index contributed by atoms with van der Waals surface area (Å²) in [5.41, 5.74) is -0.0287. The molecule has 0 radical (unpaired) electrons. The number of nitrogens with zero attached hydrogens (tertiary/aromatic N) is 1. The summed E-state index contributed by atoms with van der Waals surface area (Å²) in [4.78, 5) is 26.9. The van der Waals surface area contributed by atoms with Crippen molar-refractivity contribution in [3.05, 3.63) is 0 Å². The van der Waals surface area contributed by atoms with Gasteiger partial charge in [-0.05, 0) is 64.7 Å². The Kier molecular flexibility index (Phi) is 4.80. The number of hydrogen-bond acceptors (Lipinski definition) is 3. The highest BCUT2D eigenvalue weighted by atomic mass is 16.6. The third-order valence-corrected chi connectivity index (χ3v) is 5.91. The van der Waals surface area contributed by atoms with Crippen LogP contribution in [0.2, 0.25) is 0 Å². The van der Waals surface area contributed by atoms with Crippen LogP contribution in [0.1, 0.15) is 72.1 Å². The quantitative estimate of drug-likeness (QED) is 0.840. The van der Waals surface area contributed by atoms with E-state index in [0.29, 0.717) is 11.3 Å². The van der Waals surface area contributed by atoms with E-state index in [-0.39, 0.29) is 18.1 Å². The first kappa shape index (κ1) is 17.6. The van der Waals surface area contributed by atoms with Gasteiger partial charge in [-0.1, -0.05) is 12.8 Å². The molecule has 2 unspecified atom stereocenters. The van der Waals surface area contributed by atoms with Crippen molar-refractivity contribution in [1.82, 2.24) is 10.2 Å². The number of alkyl carbamates (subject to hydrolysis) is 1. The highest BCUT2D eigenvalue weighted by Crippen LogP contribution is 2.48. The predicted octanol–water partition coefficient (Wildman–Crippen LogP) is 3.47. The van der Waals surface area contributed by atoms with Crippen LogP contribution in [0, 0.1) is 11.3 Å². The average molecular weight is 336 g/mol. The van der Waals surface area contributed by atoms with Gasteiger partial charge in [0, 0.05) is 25.0 Å². The molecule has 0 aromatic carbocycles. The standard InChI is InChI=1S/C19H32N2O3/c1-18(2,3)24-17(23)20-15-7-4-6-14(12-15)16(22)21-11-10-19(13-21)8-5-9-19/h14-15H,4-13H2,1-3H3,(H,20,23). The van der Waals surface area contributed by atoms with Crippen LogP contribution in [-0.4, -0.2) is 41.6 Å². The van der Waals surface area contributed by atoms with Crippen molar-refractivity contribution in [3.8, 4) is 0 Å². The Balaban J connectivity index is 1.50. The minimum atomic E-state index is -0.486. The van der Waals surface area contributed by atoms with Crippen LogP contribution < -0.4 is 5.32 Å². The molecule has 3 rings (SSSR count). The second kappa shape index (κ2) is 6.57. The van der Waals surface area contributed by atoms with Gasteiger partial charge in [0.15, 0.2) is 0 Å². The Morgan fingerprint density at radius 2 is 1.88 bits per heavy atom. The third-order valence-electron chi connectivity index (χ3n) is 5.91. The lowest BCUT2D eigenvalue weighted by Crippen LogP contribution is -2.45. The van der Waals surface area contributed by atoms with Gasteiger partial charge in [-0.25, -0.2) is 4.79 Å². The number of rotatable bonds is 2. The maximum Gasteiger partial charge on any atom is 0.407 e. The van der Waals surface area contributed by atoms with Gasteiger partial charge < -0.3 is 15.0 Å². The summed E-state index contributed by atoms with van der Waals surface area (Å²) >= 11 is 0. The average Bonchev–Trinajstić information content (AvgIpc) is 2.90. The Bertz CT molecular complexity index is 493. The fourth-order valence-corrected chi connectivity index (χ4v) is 4.49. The minimum absolute atomic E-state index is 0.0582. The zero-order chi connectivity index (χ0) is 17.4. The molecule has 5 nitrogen and oxygen atoms in total. The van der Waals surface area contributed by atoms with Crippen molar-refractivity contribution < 1.29 is 14.3 Å². The second-order valence-electron chi connectivity index (χ2n) is 9.07. The molecule has 1 spiro atoms. The highest BCUT2D eigenvalue weighted by Gasteiger charge is 2.45. The summed E-state index contributed by atoms with van der Waals surface area (Å²) in [7, 11) is 0. The molecule has 3 aliphatic rings. The molecule has 1 N–H and O–H groups in total. The van der Waals surface area contributed by atoms with Crippen LogP contribution in [0.15, 0.2) is 0 Å². The van der Waals surface area contributed by atoms with Crippen LogP contribution in [0.25, 0.3) is 0 Å². The lowest BCUT2D eigenvalue weighted by Gasteiger charge is -2.38. The molecular weight excluding hydrogens is 304 g/mol. The molecule has 2 aliphatic carbocycles. The molecule has 0 aromatic heterocycles. The van der Waals surface area contributed by atoms with Gasteiger partial charge >= 0.3 is 6.09 Å². The predicted molar refractivity (Wildman–Crippen MR) is 92.6 cm³/mol. The van der Waals surface area contributed by atoms with Gasteiger partial charge in [-0.2, -0.15) is 0 Å². The van der Waals surface area contributed by atoms with E-state index < -0.39 is 5.60 Å². The van der Waals surface area contributed by atoms with Gasteiger partial charge in [-0.15, -0.1) is 0 Å². The molecule has 2 saturated carbocycles. The maximum atomic E-state index is 12.9. The first-order chi connectivity index (χ1) is 11.3. The summed E-state index contributed by atoms with van der Waals surface area (Å²) in [6.07, 6.45) is 8.38. The molecule has 136 valence electrons. The van der Waals surface area contributed by atoms with E-state index in [1.807, 2.05) is 20.8 Å². The topological polar surface area (TPSA) is 58.6 Å². The number of carbonyl (C=O) groups is 2. The number of nitrogens with one attached hydrogen (secondary N) is 1. The van der Waals surface area contributed by atoms with Gasteiger partial charge in [0.05, 0.1) is 0 Å². The Morgan fingerprint density at radius 3 is 2.46 bits per heavy atom. The van der Waals surface area contributed by atoms with Crippen LogP contribution in [0.3, 0.4) is 0 Å². The van der Waals surface area contributed by atoms with Crippen LogP contribution >= 0.6 is 0 Å². The van der Waals surface area contributed by atoms with Crippen molar-refractivity contribution in [3.63, 3.8) is 0 Å². The second-order valence-corrected chi connectivity index (χ2v) is 9.07. The lowest BCUT2D eigenvalue weighted by atomic mass is 9.68. The zero-order valence-corrected chi connectivity index (χ0v) is 15.4. The Labute approximate surface area is 145 Å². The summed E-state index contributed by atoms with van der Waals surface area (Å²) in [6, 6.07) is 0.0582. The number of ether oxygens (including phenoxy) is 1. The number of carbonyl (C=O) groups excluding carboxylic acids is 2. The first-order valence-electron chi connectivity index (χ1n) is 9.55. The molecule has 3 fully saturated rings. The van der Waals surface area contributed by atoms with E-state index in [2.05, 4.69) is 10.2 Å². The van der Waals surface area contributed by atoms with Crippen molar-refractivity contribution in [2.24, 2.45) is 11.3 Å². The van der Waals surface area contributed by atoms with Gasteiger partial charge in [0.25, 0.3) is 0 Å². The van der Waals surface area contributed by atoms with Gasteiger partial charge in [0.1, 0.15) is 5.60 Å². The lowest BCUT2D eigenvalue weighted by molar-refractivity contribution is -0.136. The summed E-state index contributed by atoms with van der Waals surface area (Å²) in [5, 5.41) is 2.96. The van der Waals surface area contributed by atoms with Crippen LogP contribution in [0.4, 0.5) is 4.79 Å². The smallest absolute Gasteiger partial charge is 0.407 e. The minimum Gasteiger partial charge on any atom is -0.444 e. The Hall–Kier alpha value is -1.26. The maximum absolute atomic E-state index is 12.9. The monoisotopic (exact) mass is 336 g/mol. The van der Waals surface area contributed by atoms with E-state index in [4.69, 9.17) is 4.74 Å². The van der Waals surface area contributed by atoms with Crippen molar-refractivity contribution in [2.75, 3.05) is 13.1 Å². The van der Waals surface area contributed by atoms with Crippen molar-refractivity contribution in [2.45, 2.75) is 83.8 Å². The number of likely N-dealkylation sites (tertiary alicyclic amines) is 1. The van der Waals surface area contributed by atoms with E-state index in [1.165, 1.54) is 25.7 Å². The van der Waals surface area contributed by atoms with E-state index in [1.54, 1.807) is 0 Å². The molecule has 1 heterocycles. The van der Waals surface area contributed by atoms with Crippen molar-refractivity contribution in [1.29, 1.82) is 0 Å². The van der Waals surface area contributed by atoms with E-state index in [9.17, 15) is 9.59 Å². The SMILES string of the molecule is CC(C)(C)OC(=O)NC1CCCC(C(=O)N2CCC3(CCC3)C2)C1. The Morgan fingerprint density at radius 1 is 1.12 bits per heavy atom. The molecule has 2 atom stereocenters. The fraction of sp³-hybridized carbons (Fsp3) is 0.895. The third kappa shape index (κ3) is 4.04. The molecule has 1 aliphatic heterocycles. The molecule has 1 saturated heterocycles. The van der Waals surface area contributed by atoms with Crippen LogP contribution in [-0.2, 0) is 9.53 Å². The summed E-state index contributed by atoms with van der Waals surface area (Å²) < 4.78 is 5.34. The molecule has 5 heteroatoms. The summed E-state index contributed by atoms with van der Waals surface area (Å²) in [5.74, 6) is 0.378. The van der Waals surface area contributed by atoms with Crippen molar-refractivity contribution >= 4 is 12.0 Å². The summed E-state index contributed by atoms with van der Waals surface area (Å²) in [6.45, 7) is 7.49.